The topological polar surface area (TPSA) is 252 Å². The van der Waals surface area contributed by atoms with Gasteiger partial charge in [0.15, 0.2) is 0 Å². The van der Waals surface area contributed by atoms with E-state index in [9.17, 15) is 0 Å². The Bertz CT molecular complexity index is 4450. The Morgan fingerprint density at radius 1 is 0.174 bits per heavy atom. The molecule has 16 nitrogen and oxygen atoms in total. The molecule has 6 N–H and O–H groups in total. The molecule has 18 rings (SSSR count). The molecule has 6 heterocycles. The van der Waals surface area contributed by atoms with Crippen molar-refractivity contribution < 1.29 is 51.7 Å². The molecule has 0 aliphatic carbocycles. The first-order valence-corrected chi connectivity index (χ1v) is 35.6. The Kier molecular flexibility index (Phi) is 29.4. The van der Waals surface area contributed by atoms with E-state index in [-0.39, 0.29) is 34.1 Å². The summed E-state index contributed by atoms with van der Waals surface area (Å²) in [7, 11) is -5.17. The maximum Gasteiger partial charge on any atom is 1.00 e. The molecule has 18 aromatic rings. The summed E-state index contributed by atoms with van der Waals surface area (Å²) in [6.45, 7) is 0. The molecule has 0 aliphatic rings. The van der Waals surface area contributed by atoms with Crippen LogP contribution < -0.4 is 0 Å². The van der Waals surface area contributed by atoms with E-state index in [1.54, 1.807) is 0 Å². The summed E-state index contributed by atoms with van der Waals surface area (Å²) >= 11 is 0. The summed E-state index contributed by atoms with van der Waals surface area (Å²) in [6, 6.07) is 135. The SMILES string of the molecule is O=S(=O)([O-])[O-].[Cu+].[Cu+].c1ccc(-c2cc(-c3ccccc3)[nH]n2)cc1.c1ccc(-c2cc(-c3ccccc3)[nH]n2)cc1.c1ccc(-c2cc(-c3ccccc3)[nH]n2)cc1.c1ccc(-c2cc(-c3ccccc3)[nH]n2)cc1.c1ccc(-c2cc(-c3ccccc3)[nH]n2)cc1.c1ccc(-c2cc(-c3ccccc3)[nH]n2)cc1. The van der Waals surface area contributed by atoms with E-state index in [0.717, 1.165) is 135 Å². The van der Waals surface area contributed by atoms with Gasteiger partial charge in [-0.3, -0.25) is 39.0 Å². The number of H-pyrrole nitrogens is 6. The molecule has 6 aromatic heterocycles. The van der Waals surface area contributed by atoms with E-state index in [0.29, 0.717) is 0 Å². The van der Waals surface area contributed by atoms with E-state index in [4.69, 9.17) is 17.5 Å². The number of rotatable bonds is 12. The second-order valence-electron chi connectivity index (χ2n) is 23.8. The van der Waals surface area contributed by atoms with Crippen LogP contribution in [0.3, 0.4) is 0 Å². The van der Waals surface area contributed by atoms with Gasteiger partial charge in [-0.15, -0.1) is 0 Å². The van der Waals surface area contributed by atoms with E-state index < -0.39 is 10.4 Å². The van der Waals surface area contributed by atoms with Crippen molar-refractivity contribution in [3.05, 3.63) is 400 Å². The number of benzene rings is 12. The molecule has 0 saturated carbocycles. The van der Waals surface area contributed by atoms with Crippen LogP contribution in [0.5, 0.6) is 0 Å². The molecule has 12 aromatic carbocycles. The Morgan fingerprint density at radius 3 is 0.367 bits per heavy atom. The van der Waals surface area contributed by atoms with E-state index in [2.05, 4.69) is 243 Å². The van der Waals surface area contributed by atoms with Crippen LogP contribution in [-0.2, 0) is 44.5 Å². The van der Waals surface area contributed by atoms with Crippen molar-refractivity contribution in [3.63, 3.8) is 0 Å². The van der Waals surface area contributed by atoms with Crippen LogP contribution in [0.25, 0.3) is 135 Å². The van der Waals surface area contributed by atoms with Crippen molar-refractivity contribution in [1.82, 2.24) is 61.2 Å². The first-order valence-electron chi connectivity index (χ1n) is 34.2. The zero-order chi connectivity index (χ0) is 73.5. The molecular weight excluding hydrogens is 1470 g/mol. The molecule has 0 fully saturated rings. The number of hydrogen-bond donors (Lipinski definition) is 6. The van der Waals surface area contributed by atoms with Gasteiger partial charge < -0.3 is 9.11 Å². The Morgan fingerprint density at radius 2 is 0.266 bits per heavy atom. The third-order valence-electron chi connectivity index (χ3n) is 16.4. The summed E-state index contributed by atoms with van der Waals surface area (Å²) in [6.07, 6.45) is 0. The minimum atomic E-state index is -5.17. The minimum Gasteiger partial charge on any atom is -0.759 e. The molecule has 0 saturated heterocycles. The zero-order valence-electron chi connectivity index (χ0n) is 58.4. The van der Waals surface area contributed by atoms with Gasteiger partial charge in [0.2, 0.25) is 0 Å². The third kappa shape index (κ3) is 23.9. The zero-order valence-corrected chi connectivity index (χ0v) is 61.1. The molecule has 544 valence electrons. The molecule has 0 aliphatic heterocycles. The van der Waals surface area contributed by atoms with Gasteiger partial charge in [-0.05, 0) is 69.8 Å². The fraction of sp³-hybridized carbons (Fsp3) is 0. The van der Waals surface area contributed by atoms with Crippen molar-refractivity contribution in [2.24, 2.45) is 0 Å². The summed E-state index contributed by atoms with van der Waals surface area (Å²) in [5.74, 6) is 0. The van der Waals surface area contributed by atoms with Crippen LogP contribution in [-0.4, -0.2) is 78.7 Å². The van der Waals surface area contributed by atoms with Crippen molar-refractivity contribution in [2.45, 2.75) is 0 Å². The normalized spacial score (nSPS) is 10.2. The van der Waals surface area contributed by atoms with Gasteiger partial charge >= 0.3 is 34.1 Å². The van der Waals surface area contributed by atoms with Gasteiger partial charge in [0, 0.05) is 43.8 Å². The number of aromatic nitrogens is 12. The molecule has 0 amide bonds. The summed E-state index contributed by atoms with van der Waals surface area (Å²) < 4.78 is 34.1. The van der Waals surface area contributed by atoms with E-state index in [1.807, 2.05) is 218 Å². The smallest absolute Gasteiger partial charge is 0.759 e. The van der Waals surface area contributed by atoms with Gasteiger partial charge in [0.25, 0.3) is 0 Å². The van der Waals surface area contributed by atoms with Crippen LogP contribution >= 0.6 is 0 Å². The van der Waals surface area contributed by atoms with Gasteiger partial charge in [0.1, 0.15) is 0 Å². The molecule has 0 bridgehead atoms. The maximum absolute atomic E-state index is 8.52. The summed E-state index contributed by atoms with van der Waals surface area (Å²) in [5, 5.41) is 44.5. The number of nitrogens with zero attached hydrogens (tertiary/aromatic N) is 6. The second-order valence-corrected chi connectivity index (χ2v) is 24.6. The predicted octanol–water partition coefficient (Wildman–Crippen LogP) is 21.1. The van der Waals surface area contributed by atoms with Crippen molar-refractivity contribution in [2.75, 3.05) is 0 Å². The van der Waals surface area contributed by atoms with Crippen LogP contribution in [0.15, 0.2) is 400 Å². The number of nitrogens with one attached hydrogen (secondary N) is 6. The number of hydrogen-bond acceptors (Lipinski definition) is 10. The second kappa shape index (κ2) is 40.9. The third-order valence-corrected chi connectivity index (χ3v) is 16.4. The Hall–Kier alpha value is -13.2. The van der Waals surface area contributed by atoms with Crippen LogP contribution in [0.4, 0.5) is 0 Å². The standard InChI is InChI=1S/6C15H12N2.2Cu.H2O4S/c6*1-3-7-12(8-4-1)14-11-15(17-16-14)13-9-5-2-6-10-13;;;1-5(2,3)4/h6*1-11H,(H,16,17);;;(H2,1,2,3,4)/q;;;;;;2*+1;/p-2. The quantitative estimate of drug-likeness (QED) is 0.0383. The molecule has 109 heavy (non-hydrogen) atoms. The van der Waals surface area contributed by atoms with Crippen LogP contribution in [0.1, 0.15) is 0 Å². The Balaban J connectivity index is 0.000000137. The Labute approximate surface area is 654 Å². The molecular formula is C90H72Cu2N12O4S. The van der Waals surface area contributed by atoms with Crippen molar-refractivity contribution >= 4 is 10.4 Å². The molecule has 19 heteroatoms. The molecule has 0 spiro atoms. The van der Waals surface area contributed by atoms with Crippen molar-refractivity contribution in [3.8, 4) is 135 Å². The fourth-order valence-corrected chi connectivity index (χ4v) is 11.1. The first-order chi connectivity index (χ1) is 52.6. The van der Waals surface area contributed by atoms with Crippen molar-refractivity contribution in [1.29, 1.82) is 0 Å². The van der Waals surface area contributed by atoms with Crippen LogP contribution in [0, 0.1) is 0 Å². The van der Waals surface area contributed by atoms with Gasteiger partial charge in [-0.25, -0.2) is 0 Å². The first kappa shape index (κ1) is 78.4. The van der Waals surface area contributed by atoms with Gasteiger partial charge in [0.05, 0.1) is 68.3 Å². The number of aromatic amines is 6. The summed E-state index contributed by atoms with van der Waals surface area (Å²) in [4.78, 5) is 0. The fourth-order valence-electron chi connectivity index (χ4n) is 11.1. The largest absolute Gasteiger partial charge is 1.00 e. The molecule has 0 unspecified atom stereocenters. The summed E-state index contributed by atoms with van der Waals surface area (Å²) in [5.41, 5.74) is 25.8. The van der Waals surface area contributed by atoms with E-state index >= 15 is 0 Å². The van der Waals surface area contributed by atoms with E-state index in [1.165, 1.54) is 0 Å². The minimum absolute atomic E-state index is 0. The van der Waals surface area contributed by atoms with Gasteiger partial charge in [-0.1, -0.05) is 364 Å². The average Bonchev–Trinajstić information content (AvgIpc) is 1.75. The van der Waals surface area contributed by atoms with Gasteiger partial charge in [-0.2, -0.15) is 30.6 Å². The maximum atomic E-state index is 8.52. The average molecular weight is 1540 g/mol. The monoisotopic (exact) mass is 1540 g/mol. The van der Waals surface area contributed by atoms with Crippen LogP contribution in [0.2, 0.25) is 0 Å². The molecule has 0 atom stereocenters. The predicted molar refractivity (Wildman–Crippen MR) is 427 cm³/mol. The molecule has 0 radical (unpaired) electrons.